The monoisotopic (exact) mass is 263 g/mol. The van der Waals surface area contributed by atoms with Crippen molar-refractivity contribution in [2.75, 3.05) is 12.4 Å². The molecule has 1 aromatic carbocycles. The third-order valence-corrected chi connectivity index (χ3v) is 3.85. The number of methoxy groups -OCH3 is 1. The van der Waals surface area contributed by atoms with Gasteiger partial charge in [0.15, 0.2) is 0 Å². The number of nitrogens with one attached hydrogen (secondary N) is 1. The van der Waals surface area contributed by atoms with E-state index in [9.17, 15) is 0 Å². The zero-order valence-electron chi connectivity index (χ0n) is 10.8. The molecule has 1 fully saturated rings. The molecule has 0 amide bonds. The van der Waals surface area contributed by atoms with Crippen LogP contribution in [0.2, 0.25) is 5.02 Å². The fourth-order valence-corrected chi connectivity index (χ4v) is 2.05. The van der Waals surface area contributed by atoms with Gasteiger partial charge < -0.3 is 10.1 Å². The maximum atomic E-state index is 6.10. The Balaban J connectivity index is 2.30. The van der Waals surface area contributed by atoms with Gasteiger partial charge in [0.25, 0.3) is 0 Å². The Bertz CT molecular complexity index is 503. The van der Waals surface area contributed by atoms with Gasteiger partial charge >= 0.3 is 0 Å². The zero-order chi connectivity index (χ0) is 13.3. The number of halogens is 1. The van der Waals surface area contributed by atoms with Crippen LogP contribution in [0.3, 0.4) is 0 Å². The number of benzene rings is 1. The number of allylic oxidation sites excluding steroid dienone is 1. The van der Waals surface area contributed by atoms with E-state index in [0.29, 0.717) is 10.8 Å². The Morgan fingerprint density at radius 1 is 1.50 bits per heavy atom. The molecule has 1 aliphatic rings. The summed E-state index contributed by atoms with van der Waals surface area (Å²) in [4.78, 5) is 0. The van der Waals surface area contributed by atoms with Crippen molar-refractivity contribution < 1.29 is 4.74 Å². The molecule has 1 aliphatic carbocycles. The van der Waals surface area contributed by atoms with E-state index in [0.717, 1.165) is 16.9 Å². The highest BCUT2D eigenvalue weighted by Gasteiger charge is 2.40. The van der Waals surface area contributed by atoms with Crippen molar-refractivity contribution in [1.82, 2.24) is 0 Å². The molecule has 0 bridgehead atoms. The molecule has 0 aliphatic heterocycles. The molecule has 0 spiro atoms. The lowest BCUT2D eigenvalue weighted by Crippen LogP contribution is -2.09. The molecule has 0 aromatic heterocycles. The first-order valence-corrected chi connectivity index (χ1v) is 6.34. The third-order valence-electron chi connectivity index (χ3n) is 3.56. The number of ether oxygens (including phenoxy) is 1. The first kappa shape index (κ1) is 13.0. The molecule has 1 N–H and O–H groups in total. The lowest BCUT2D eigenvalue weighted by molar-refractivity contribution is 0.415. The van der Waals surface area contributed by atoms with Crippen LogP contribution in [0.1, 0.15) is 25.3 Å². The largest absolute Gasteiger partial charge is 0.495 e. The highest BCUT2D eigenvalue weighted by molar-refractivity contribution is 6.32. The number of hydrogen-bond donors (Lipinski definition) is 1. The van der Waals surface area contributed by atoms with Gasteiger partial charge in [-0.2, -0.15) is 0 Å². The van der Waals surface area contributed by atoms with Gasteiger partial charge in [-0.05, 0) is 24.5 Å². The van der Waals surface area contributed by atoms with E-state index in [1.807, 2.05) is 12.1 Å². The fraction of sp³-hybridized carbons (Fsp3) is 0.333. The van der Waals surface area contributed by atoms with Crippen molar-refractivity contribution in [2.45, 2.75) is 19.8 Å². The highest BCUT2D eigenvalue weighted by Crippen LogP contribution is 2.51. The minimum Gasteiger partial charge on any atom is -0.495 e. The molecule has 0 unspecified atom stereocenters. The lowest BCUT2D eigenvalue weighted by Gasteiger charge is -2.18. The van der Waals surface area contributed by atoms with Crippen LogP contribution < -0.4 is 10.1 Å². The fourth-order valence-electron chi connectivity index (χ4n) is 1.81. The summed E-state index contributed by atoms with van der Waals surface area (Å²) in [5, 5.41) is 3.95. The normalized spacial score (nSPS) is 15.9. The molecule has 0 heterocycles. The molecule has 0 radical (unpaired) electrons. The van der Waals surface area contributed by atoms with Gasteiger partial charge in [-0.15, -0.1) is 0 Å². The van der Waals surface area contributed by atoms with Crippen LogP contribution in [0.5, 0.6) is 5.75 Å². The standard InChI is InChI=1S/C15H18ClNO/c1-5-11-8-12(16)14(18-4)9-13(11)17-10(2)15(3)6-7-15/h5,8-9,17H,1-2,6-7H2,3-4H3. The van der Waals surface area contributed by atoms with Crippen molar-refractivity contribution in [3.8, 4) is 5.75 Å². The summed E-state index contributed by atoms with van der Waals surface area (Å²) in [7, 11) is 1.61. The summed E-state index contributed by atoms with van der Waals surface area (Å²) in [5.41, 5.74) is 3.15. The van der Waals surface area contributed by atoms with Gasteiger partial charge in [0, 0.05) is 22.9 Å². The van der Waals surface area contributed by atoms with E-state index < -0.39 is 0 Å². The van der Waals surface area contributed by atoms with Crippen LogP contribution in [0.25, 0.3) is 6.08 Å². The molecule has 18 heavy (non-hydrogen) atoms. The predicted octanol–water partition coefficient (Wildman–Crippen LogP) is 4.72. The Kier molecular flexibility index (Phi) is 3.40. The first-order chi connectivity index (χ1) is 8.50. The van der Waals surface area contributed by atoms with E-state index >= 15 is 0 Å². The topological polar surface area (TPSA) is 21.3 Å². The zero-order valence-corrected chi connectivity index (χ0v) is 11.6. The quantitative estimate of drug-likeness (QED) is 0.830. The third kappa shape index (κ3) is 2.39. The van der Waals surface area contributed by atoms with Crippen molar-refractivity contribution in [1.29, 1.82) is 0 Å². The van der Waals surface area contributed by atoms with Crippen molar-refractivity contribution >= 4 is 23.4 Å². The van der Waals surface area contributed by atoms with Crippen molar-refractivity contribution in [3.63, 3.8) is 0 Å². The van der Waals surface area contributed by atoms with Crippen molar-refractivity contribution in [3.05, 3.63) is 41.6 Å². The van der Waals surface area contributed by atoms with Crippen molar-refractivity contribution in [2.24, 2.45) is 5.41 Å². The molecule has 0 atom stereocenters. The lowest BCUT2D eigenvalue weighted by atomic mass is 10.1. The minimum absolute atomic E-state index is 0.227. The second-order valence-corrected chi connectivity index (χ2v) is 5.35. The Hall–Kier alpha value is -1.41. The summed E-state index contributed by atoms with van der Waals surface area (Å²) in [5.74, 6) is 0.651. The van der Waals surface area contributed by atoms with Gasteiger partial charge in [-0.1, -0.05) is 37.8 Å². The Morgan fingerprint density at radius 2 is 2.17 bits per heavy atom. The SMILES string of the molecule is C=Cc1cc(Cl)c(OC)cc1NC(=C)C1(C)CC1. The Labute approximate surface area is 113 Å². The maximum absolute atomic E-state index is 6.10. The van der Waals surface area contributed by atoms with E-state index in [1.54, 1.807) is 13.2 Å². The molecule has 2 rings (SSSR count). The summed E-state index contributed by atoms with van der Waals surface area (Å²) in [6, 6.07) is 3.73. The molecular formula is C15H18ClNO. The van der Waals surface area contributed by atoms with Crippen LogP contribution in [0, 0.1) is 5.41 Å². The molecular weight excluding hydrogens is 246 g/mol. The summed E-state index contributed by atoms with van der Waals surface area (Å²) >= 11 is 6.10. The molecule has 96 valence electrons. The average molecular weight is 264 g/mol. The molecule has 2 nitrogen and oxygen atoms in total. The average Bonchev–Trinajstić information content (AvgIpc) is 3.10. The summed E-state index contributed by atoms with van der Waals surface area (Å²) in [6.45, 7) is 10.1. The Morgan fingerprint density at radius 3 is 2.67 bits per heavy atom. The second kappa shape index (κ2) is 4.69. The number of anilines is 1. The molecule has 0 saturated heterocycles. The summed E-state index contributed by atoms with van der Waals surface area (Å²) in [6.07, 6.45) is 4.15. The second-order valence-electron chi connectivity index (χ2n) is 4.94. The first-order valence-electron chi connectivity index (χ1n) is 5.96. The van der Waals surface area contributed by atoms with Gasteiger partial charge in [-0.3, -0.25) is 0 Å². The molecule has 1 aromatic rings. The predicted molar refractivity (Wildman–Crippen MR) is 78.2 cm³/mol. The van der Waals surface area contributed by atoms with Crippen LogP contribution in [0.15, 0.2) is 31.0 Å². The molecule has 3 heteroatoms. The summed E-state index contributed by atoms with van der Waals surface area (Å²) < 4.78 is 5.23. The van der Waals surface area contributed by atoms with Crippen LogP contribution in [-0.2, 0) is 0 Å². The van der Waals surface area contributed by atoms with Gasteiger partial charge in [0.2, 0.25) is 0 Å². The van der Waals surface area contributed by atoms with Gasteiger partial charge in [-0.25, -0.2) is 0 Å². The smallest absolute Gasteiger partial charge is 0.139 e. The molecule has 1 saturated carbocycles. The van der Waals surface area contributed by atoms with E-state index in [2.05, 4.69) is 25.4 Å². The maximum Gasteiger partial charge on any atom is 0.139 e. The van der Waals surface area contributed by atoms with Crippen LogP contribution in [-0.4, -0.2) is 7.11 Å². The number of rotatable bonds is 5. The minimum atomic E-state index is 0.227. The van der Waals surface area contributed by atoms with E-state index in [4.69, 9.17) is 16.3 Å². The van der Waals surface area contributed by atoms with Crippen LogP contribution >= 0.6 is 11.6 Å². The van der Waals surface area contributed by atoms with Gasteiger partial charge in [0.1, 0.15) is 5.75 Å². The van der Waals surface area contributed by atoms with Crippen LogP contribution in [0.4, 0.5) is 5.69 Å². The van der Waals surface area contributed by atoms with Gasteiger partial charge in [0.05, 0.1) is 12.1 Å². The number of hydrogen-bond acceptors (Lipinski definition) is 2. The van der Waals surface area contributed by atoms with E-state index in [-0.39, 0.29) is 5.41 Å². The highest BCUT2D eigenvalue weighted by atomic mass is 35.5. The van der Waals surface area contributed by atoms with E-state index in [1.165, 1.54) is 12.8 Å².